The van der Waals surface area contributed by atoms with Gasteiger partial charge in [0, 0.05) is 47.1 Å². The van der Waals surface area contributed by atoms with E-state index in [4.69, 9.17) is 0 Å². The summed E-state index contributed by atoms with van der Waals surface area (Å²) in [5.74, 6) is 0. The first-order valence-corrected chi connectivity index (χ1v) is 17.8. The second kappa shape index (κ2) is 9.31. The van der Waals surface area contributed by atoms with Gasteiger partial charge in [-0.15, -0.1) is 11.3 Å². The topological polar surface area (TPSA) is 33.4 Å². The molecule has 5 heterocycles. The molecule has 4 aromatic heterocycles. The Balaban J connectivity index is 1.23. The fourth-order valence-electron chi connectivity index (χ4n) is 9.01. The molecule has 0 saturated carbocycles. The van der Waals surface area contributed by atoms with Gasteiger partial charge in [0.25, 0.3) is 0 Å². The highest BCUT2D eigenvalue weighted by Crippen LogP contribution is 2.49. The van der Waals surface area contributed by atoms with Crippen LogP contribution in [0.5, 0.6) is 0 Å². The predicted molar refractivity (Wildman–Crippen MR) is 209 cm³/mol. The van der Waals surface area contributed by atoms with Crippen LogP contribution in [0.15, 0.2) is 146 Å². The van der Waals surface area contributed by atoms with E-state index in [2.05, 4.69) is 165 Å². The molecule has 0 saturated heterocycles. The number of aromatic nitrogens is 2. The standard InChI is InChI=1S/C44H28N4S/c1-5-20-34-25(11-1)28-14-7-15-29-27-13-9-21-35-39(27)40-36(47(34)42(28)29)22-10-23-37(40)48(35)44-41(45-32-18-3-4-19-33(32)46-44)31-17-8-16-30-26-12-2-6-24-38(26)49-43(30)31/h1-24,41,44-46H. The van der Waals surface area contributed by atoms with Gasteiger partial charge >= 0.3 is 0 Å². The van der Waals surface area contributed by atoms with Crippen molar-refractivity contribution in [3.63, 3.8) is 0 Å². The smallest absolute Gasteiger partial charge is 0.129 e. The predicted octanol–water partition coefficient (Wildman–Crippen LogP) is 12.1. The van der Waals surface area contributed by atoms with Crippen LogP contribution in [0, 0.1) is 0 Å². The van der Waals surface area contributed by atoms with E-state index >= 15 is 0 Å². The number of benzene rings is 7. The van der Waals surface area contributed by atoms with Crippen LogP contribution in [-0.4, -0.2) is 8.97 Å². The van der Waals surface area contributed by atoms with E-state index in [0.29, 0.717) is 0 Å². The molecule has 4 nitrogen and oxygen atoms in total. The zero-order valence-corrected chi connectivity index (χ0v) is 27.1. The Morgan fingerprint density at radius 1 is 0.449 bits per heavy atom. The van der Waals surface area contributed by atoms with E-state index < -0.39 is 0 Å². The van der Waals surface area contributed by atoms with E-state index in [1.54, 1.807) is 0 Å². The average Bonchev–Trinajstić information content (AvgIpc) is 3.79. The quantitative estimate of drug-likeness (QED) is 0.196. The number of para-hydroxylation sites is 4. The molecular formula is C44H28N4S. The largest absolute Gasteiger partial charge is 0.373 e. The molecule has 1 aliphatic rings. The Morgan fingerprint density at radius 2 is 1.04 bits per heavy atom. The molecule has 7 aromatic carbocycles. The van der Waals surface area contributed by atoms with Gasteiger partial charge in [0.05, 0.1) is 45.0 Å². The number of anilines is 2. The summed E-state index contributed by atoms with van der Waals surface area (Å²) >= 11 is 1.90. The molecule has 5 heteroatoms. The summed E-state index contributed by atoms with van der Waals surface area (Å²) in [6.45, 7) is 0. The van der Waals surface area contributed by atoms with Gasteiger partial charge in [0.15, 0.2) is 0 Å². The maximum Gasteiger partial charge on any atom is 0.129 e. The molecule has 0 fully saturated rings. The van der Waals surface area contributed by atoms with Crippen LogP contribution >= 0.6 is 11.3 Å². The van der Waals surface area contributed by atoms with Gasteiger partial charge < -0.3 is 19.6 Å². The Bertz CT molecular complexity index is 3140. The number of rotatable bonds is 2. The number of nitrogens with one attached hydrogen (secondary N) is 2. The van der Waals surface area contributed by atoms with E-state index in [1.165, 1.54) is 85.6 Å². The molecule has 0 spiro atoms. The molecule has 2 unspecified atom stereocenters. The van der Waals surface area contributed by atoms with Gasteiger partial charge in [-0.1, -0.05) is 103 Å². The Labute approximate surface area is 284 Å². The van der Waals surface area contributed by atoms with Gasteiger partial charge in [-0.3, -0.25) is 0 Å². The van der Waals surface area contributed by atoms with Crippen molar-refractivity contribution in [2.75, 3.05) is 10.6 Å². The van der Waals surface area contributed by atoms with Gasteiger partial charge in [-0.05, 0) is 53.4 Å². The van der Waals surface area contributed by atoms with Crippen molar-refractivity contribution < 1.29 is 0 Å². The van der Waals surface area contributed by atoms with E-state index in [1.807, 2.05) is 11.3 Å². The minimum Gasteiger partial charge on any atom is -0.373 e. The van der Waals surface area contributed by atoms with Gasteiger partial charge in [0.1, 0.15) is 6.17 Å². The second-order valence-electron chi connectivity index (χ2n) is 13.4. The summed E-state index contributed by atoms with van der Waals surface area (Å²) in [5, 5.41) is 18.5. The molecule has 0 amide bonds. The van der Waals surface area contributed by atoms with Crippen molar-refractivity contribution in [3.05, 3.63) is 151 Å². The lowest BCUT2D eigenvalue weighted by Gasteiger charge is -2.38. The van der Waals surface area contributed by atoms with Crippen molar-refractivity contribution in [1.82, 2.24) is 8.97 Å². The monoisotopic (exact) mass is 644 g/mol. The lowest BCUT2D eigenvalue weighted by atomic mass is 9.98. The van der Waals surface area contributed by atoms with Crippen LogP contribution in [0.3, 0.4) is 0 Å². The van der Waals surface area contributed by atoms with Gasteiger partial charge in [-0.25, -0.2) is 0 Å². The van der Waals surface area contributed by atoms with Crippen molar-refractivity contribution >= 4 is 103 Å². The SMILES string of the molecule is c1ccc2c(c1)NC(c1cccc3c1sc1ccccc13)C(n1c3cccc4c5cccc6c7ccccc7n(c7cccc1c7c43)c56)N2. The molecule has 2 N–H and O–H groups in total. The van der Waals surface area contributed by atoms with Crippen LogP contribution in [0.2, 0.25) is 0 Å². The van der Waals surface area contributed by atoms with Crippen LogP contribution in [-0.2, 0) is 0 Å². The molecule has 0 bridgehead atoms. The van der Waals surface area contributed by atoms with E-state index in [9.17, 15) is 0 Å². The number of hydrogen-bond acceptors (Lipinski definition) is 3. The molecular weight excluding hydrogens is 617 g/mol. The minimum atomic E-state index is -0.104. The molecule has 49 heavy (non-hydrogen) atoms. The van der Waals surface area contributed by atoms with E-state index in [0.717, 1.165) is 11.4 Å². The summed E-state index contributed by atoms with van der Waals surface area (Å²) in [6.07, 6.45) is -0.104. The third kappa shape index (κ3) is 3.28. The summed E-state index contributed by atoms with van der Waals surface area (Å²) in [6, 6.07) is 53.7. The molecule has 2 atom stereocenters. The van der Waals surface area contributed by atoms with Crippen molar-refractivity contribution in [2.45, 2.75) is 12.2 Å². The molecule has 11 aromatic rings. The zero-order chi connectivity index (χ0) is 31.8. The highest BCUT2D eigenvalue weighted by Gasteiger charge is 2.34. The lowest BCUT2D eigenvalue weighted by molar-refractivity contribution is 0.509. The Kier molecular flexibility index (Phi) is 4.94. The summed E-state index contributed by atoms with van der Waals surface area (Å²) in [5.41, 5.74) is 9.77. The summed E-state index contributed by atoms with van der Waals surface area (Å²) in [4.78, 5) is 0. The maximum absolute atomic E-state index is 4.07. The minimum absolute atomic E-state index is 0.0351. The fraction of sp³-hybridized carbons (Fsp3) is 0.0455. The maximum atomic E-state index is 4.07. The second-order valence-corrected chi connectivity index (χ2v) is 14.4. The number of fused-ring (bicyclic) bond motifs is 9. The van der Waals surface area contributed by atoms with Crippen LogP contribution < -0.4 is 10.6 Å². The van der Waals surface area contributed by atoms with Crippen molar-refractivity contribution in [2.24, 2.45) is 0 Å². The first kappa shape index (κ1) is 26.0. The first-order valence-electron chi connectivity index (χ1n) is 16.9. The highest BCUT2D eigenvalue weighted by atomic mass is 32.1. The van der Waals surface area contributed by atoms with Crippen molar-refractivity contribution in [1.29, 1.82) is 0 Å². The fourth-order valence-corrected chi connectivity index (χ4v) is 10.3. The molecule has 230 valence electrons. The highest BCUT2D eigenvalue weighted by molar-refractivity contribution is 7.26. The van der Waals surface area contributed by atoms with E-state index in [-0.39, 0.29) is 12.2 Å². The van der Waals surface area contributed by atoms with Crippen molar-refractivity contribution in [3.8, 4) is 0 Å². The van der Waals surface area contributed by atoms with Crippen LogP contribution in [0.25, 0.3) is 80.1 Å². The lowest BCUT2D eigenvalue weighted by Crippen LogP contribution is -2.34. The molecule has 0 aliphatic carbocycles. The third-order valence-electron chi connectivity index (χ3n) is 11.0. The van der Waals surface area contributed by atoms with Gasteiger partial charge in [0.2, 0.25) is 0 Å². The summed E-state index contributed by atoms with van der Waals surface area (Å²) < 4.78 is 7.76. The summed E-state index contributed by atoms with van der Waals surface area (Å²) in [7, 11) is 0. The average molecular weight is 645 g/mol. The number of thiophene rings is 1. The number of hydrogen-bond donors (Lipinski definition) is 2. The zero-order valence-electron chi connectivity index (χ0n) is 26.3. The third-order valence-corrected chi connectivity index (χ3v) is 12.2. The molecule has 12 rings (SSSR count). The van der Waals surface area contributed by atoms with Gasteiger partial charge in [-0.2, -0.15) is 0 Å². The normalized spacial score (nSPS) is 16.5. The van der Waals surface area contributed by atoms with Crippen LogP contribution in [0.1, 0.15) is 17.8 Å². The first-order chi connectivity index (χ1) is 24.3. The Morgan fingerprint density at radius 3 is 1.94 bits per heavy atom. The molecule has 0 radical (unpaired) electrons. The molecule has 1 aliphatic heterocycles. The van der Waals surface area contributed by atoms with Crippen LogP contribution in [0.4, 0.5) is 11.4 Å². The number of nitrogens with zero attached hydrogens (tertiary/aromatic N) is 2. The Hall–Kier alpha value is -6.04.